The van der Waals surface area contributed by atoms with Gasteiger partial charge in [-0.05, 0) is 31.3 Å². The van der Waals surface area contributed by atoms with Gasteiger partial charge in [-0.1, -0.05) is 78.1 Å². The summed E-state index contributed by atoms with van der Waals surface area (Å²) in [6.07, 6.45) is 20.3. The van der Waals surface area contributed by atoms with Crippen molar-refractivity contribution in [2.45, 2.75) is 110 Å². The van der Waals surface area contributed by atoms with Crippen molar-refractivity contribution >= 4 is 5.97 Å². The molecule has 0 aromatic heterocycles. The molecule has 2 nitrogen and oxygen atoms in total. The maximum Gasteiger partial charge on any atom is 0.310 e. The van der Waals surface area contributed by atoms with E-state index in [0.29, 0.717) is 12.3 Å². The van der Waals surface area contributed by atoms with E-state index in [2.05, 4.69) is 19.9 Å². The summed E-state index contributed by atoms with van der Waals surface area (Å²) < 4.78 is 5.67. The summed E-state index contributed by atoms with van der Waals surface area (Å²) in [7, 11) is 0. The largest absolute Gasteiger partial charge is 0.431 e. The second-order valence-corrected chi connectivity index (χ2v) is 7.26. The van der Waals surface area contributed by atoms with Crippen molar-refractivity contribution in [1.82, 2.24) is 0 Å². The predicted molar refractivity (Wildman–Crippen MR) is 98.3 cm³/mol. The van der Waals surface area contributed by atoms with E-state index in [9.17, 15) is 4.79 Å². The van der Waals surface area contributed by atoms with Gasteiger partial charge in [-0.15, -0.1) is 0 Å². The Bertz CT molecular complexity index is 333. The summed E-state index contributed by atoms with van der Waals surface area (Å²) in [5.74, 6) is 1.42. The highest BCUT2D eigenvalue weighted by Crippen LogP contribution is 2.20. The van der Waals surface area contributed by atoms with Crippen molar-refractivity contribution in [3.05, 3.63) is 11.8 Å². The van der Waals surface area contributed by atoms with Crippen molar-refractivity contribution in [1.29, 1.82) is 0 Å². The molecule has 0 aromatic carbocycles. The molecular formula is C21H38O2. The number of rotatable bonds is 4. The number of unbranched alkanes of at least 4 members (excludes halogenated alkanes) is 1. The van der Waals surface area contributed by atoms with Gasteiger partial charge in [0.05, 0.1) is 0 Å². The van der Waals surface area contributed by atoms with Crippen molar-refractivity contribution in [2.24, 2.45) is 5.92 Å². The number of carbonyl (C=O) groups excluding carboxylic acids is 1. The Balaban J connectivity index is 2.51. The van der Waals surface area contributed by atoms with Crippen LogP contribution < -0.4 is 0 Å². The van der Waals surface area contributed by atoms with Crippen LogP contribution in [0.2, 0.25) is 0 Å². The summed E-state index contributed by atoms with van der Waals surface area (Å²) in [6.45, 7) is 4.37. The summed E-state index contributed by atoms with van der Waals surface area (Å²) in [4.78, 5) is 11.9. The number of carbonyl (C=O) groups is 1. The van der Waals surface area contributed by atoms with Gasteiger partial charge in [0.25, 0.3) is 0 Å². The van der Waals surface area contributed by atoms with Crippen molar-refractivity contribution in [3.63, 3.8) is 0 Å². The topological polar surface area (TPSA) is 26.3 Å². The smallest absolute Gasteiger partial charge is 0.310 e. The third-order valence-electron chi connectivity index (χ3n) is 4.78. The normalized spacial score (nSPS) is 24.8. The summed E-state index contributed by atoms with van der Waals surface area (Å²) in [5, 5.41) is 0. The molecule has 23 heavy (non-hydrogen) atoms. The third kappa shape index (κ3) is 11.4. The van der Waals surface area contributed by atoms with Crippen LogP contribution in [0.15, 0.2) is 11.8 Å². The lowest BCUT2D eigenvalue weighted by atomic mass is 10.0. The fourth-order valence-electron chi connectivity index (χ4n) is 3.27. The zero-order chi connectivity index (χ0) is 16.8. The molecule has 0 bridgehead atoms. The molecule has 0 aliphatic heterocycles. The van der Waals surface area contributed by atoms with Gasteiger partial charge in [0.1, 0.15) is 5.76 Å². The Morgan fingerprint density at radius 1 is 1.00 bits per heavy atom. The molecule has 0 spiro atoms. The predicted octanol–water partition coefficient (Wildman–Crippen LogP) is 6.93. The van der Waals surface area contributed by atoms with Crippen molar-refractivity contribution < 1.29 is 9.53 Å². The van der Waals surface area contributed by atoms with Crippen LogP contribution in [0, 0.1) is 5.92 Å². The highest BCUT2D eigenvalue weighted by molar-refractivity contribution is 5.70. The standard InChI is InChI=1S/C21H38O2/c1-3-4-17-21(22)23-20-16-14-12-10-8-6-5-7-9-11-13-15-19(2)18-20/h18-19H,3-17H2,1-2H3/b20-18+. The van der Waals surface area contributed by atoms with Gasteiger partial charge in [0.2, 0.25) is 0 Å². The average Bonchev–Trinajstić information content (AvgIpc) is 2.53. The Labute approximate surface area is 144 Å². The summed E-state index contributed by atoms with van der Waals surface area (Å²) >= 11 is 0. The molecule has 1 aliphatic carbocycles. The van der Waals surface area contributed by atoms with Gasteiger partial charge in [-0.2, -0.15) is 0 Å². The van der Waals surface area contributed by atoms with Gasteiger partial charge in [-0.3, -0.25) is 4.79 Å². The first kappa shape index (κ1) is 20.3. The number of esters is 1. The van der Waals surface area contributed by atoms with Crippen LogP contribution in [-0.4, -0.2) is 5.97 Å². The molecule has 0 aromatic rings. The number of allylic oxidation sites excluding steroid dienone is 2. The third-order valence-corrected chi connectivity index (χ3v) is 4.78. The maximum atomic E-state index is 11.9. The van der Waals surface area contributed by atoms with E-state index in [0.717, 1.165) is 31.4 Å². The van der Waals surface area contributed by atoms with E-state index >= 15 is 0 Å². The van der Waals surface area contributed by atoms with Crippen molar-refractivity contribution in [2.75, 3.05) is 0 Å². The van der Waals surface area contributed by atoms with Crippen LogP contribution in [0.3, 0.4) is 0 Å². The first-order valence-corrected chi connectivity index (χ1v) is 10.1. The van der Waals surface area contributed by atoms with Crippen LogP contribution in [0.4, 0.5) is 0 Å². The second kappa shape index (κ2) is 13.6. The molecule has 0 N–H and O–H groups in total. The second-order valence-electron chi connectivity index (χ2n) is 7.26. The van der Waals surface area contributed by atoms with E-state index in [1.54, 1.807) is 0 Å². The molecule has 1 unspecified atom stereocenters. The Morgan fingerprint density at radius 2 is 1.57 bits per heavy atom. The van der Waals surface area contributed by atoms with Gasteiger partial charge in [0.15, 0.2) is 0 Å². The Hall–Kier alpha value is -0.790. The molecule has 1 rings (SSSR count). The first-order chi connectivity index (χ1) is 11.2. The minimum absolute atomic E-state index is 0.0387. The lowest BCUT2D eigenvalue weighted by Crippen LogP contribution is -2.06. The Morgan fingerprint density at radius 3 is 2.17 bits per heavy atom. The minimum Gasteiger partial charge on any atom is -0.431 e. The SMILES string of the molecule is CCCCC(=O)O/C1=C/C(C)CCCCCCCCCCCC1. The van der Waals surface area contributed by atoms with Gasteiger partial charge in [0, 0.05) is 12.8 Å². The molecule has 0 heterocycles. The summed E-state index contributed by atoms with van der Waals surface area (Å²) in [6, 6.07) is 0. The monoisotopic (exact) mass is 322 g/mol. The highest BCUT2D eigenvalue weighted by atomic mass is 16.5. The minimum atomic E-state index is -0.0387. The molecule has 0 radical (unpaired) electrons. The first-order valence-electron chi connectivity index (χ1n) is 10.1. The lowest BCUT2D eigenvalue weighted by Gasteiger charge is -2.12. The number of ether oxygens (including phenoxy) is 1. The fourth-order valence-corrected chi connectivity index (χ4v) is 3.27. The molecule has 1 atom stereocenters. The highest BCUT2D eigenvalue weighted by Gasteiger charge is 2.09. The summed E-state index contributed by atoms with van der Waals surface area (Å²) in [5.41, 5.74) is 0. The molecule has 0 saturated heterocycles. The van der Waals surface area contributed by atoms with E-state index in [-0.39, 0.29) is 5.97 Å². The fraction of sp³-hybridized carbons (Fsp3) is 0.857. The maximum absolute atomic E-state index is 11.9. The van der Waals surface area contributed by atoms with Gasteiger partial charge < -0.3 is 4.74 Å². The van der Waals surface area contributed by atoms with Crippen LogP contribution in [-0.2, 0) is 9.53 Å². The van der Waals surface area contributed by atoms with E-state index in [1.807, 2.05) is 0 Å². The van der Waals surface area contributed by atoms with Crippen molar-refractivity contribution in [3.8, 4) is 0 Å². The van der Waals surface area contributed by atoms with Crippen LogP contribution in [0.25, 0.3) is 0 Å². The molecule has 134 valence electrons. The molecule has 1 aliphatic rings. The molecule has 0 fully saturated rings. The average molecular weight is 323 g/mol. The lowest BCUT2D eigenvalue weighted by molar-refractivity contribution is -0.139. The van der Waals surface area contributed by atoms with E-state index < -0.39 is 0 Å². The van der Waals surface area contributed by atoms with E-state index in [1.165, 1.54) is 64.2 Å². The van der Waals surface area contributed by atoms with Gasteiger partial charge in [-0.25, -0.2) is 0 Å². The Kier molecular flexibility index (Phi) is 12.0. The quantitative estimate of drug-likeness (QED) is 0.524. The van der Waals surface area contributed by atoms with Crippen LogP contribution in [0.1, 0.15) is 110 Å². The van der Waals surface area contributed by atoms with E-state index in [4.69, 9.17) is 4.74 Å². The van der Waals surface area contributed by atoms with Crippen LogP contribution in [0.5, 0.6) is 0 Å². The van der Waals surface area contributed by atoms with Crippen LogP contribution >= 0.6 is 0 Å². The number of hydrogen-bond acceptors (Lipinski definition) is 2. The number of hydrogen-bond donors (Lipinski definition) is 0. The molecule has 2 heteroatoms. The zero-order valence-electron chi connectivity index (χ0n) is 15.6. The zero-order valence-corrected chi connectivity index (χ0v) is 15.6. The molecular weight excluding hydrogens is 284 g/mol. The molecule has 0 saturated carbocycles. The molecule has 0 amide bonds. The van der Waals surface area contributed by atoms with Gasteiger partial charge >= 0.3 is 5.97 Å².